The molecule has 0 spiro atoms. The van der Waals surface area contributed by atoms with Crippen LogP contribution in [0.3, 0.4) is 0 Å². The summed E-state index contributed by atoms with van der Waals surface area (Å²) in [6.07, 6.45) is -5.05. The first-order valence-corrected chi connectivity index (χ1v) is 5.61. The number of hydrogen-bond acceptors (Lipinski definition) is 2. The third-order valence-electron chi connectivity index (χ3n) is 2.70. The standard InChI is InChI=1S/C12H14F3N3/c1-8(7-12(13,14)15)16-11-17-9-5-3-4-6-10(9)18(11)2/h3-6,8H,7H2,1-2H3,(H,16,17). The molecular weight excluding hydrogens is 243 g/mol. The van der Waals surface area contributed by atoms with Gasteiger partial charge >= 0.3 is 6.18 Å². The number of alkyl halides is 3. The van der Waals surface area contributed by atoms with E-state index in [1.54, 1.807) is 11.6 Å². The van der Waals surface area contributed by atoms with Gasteiger partial charge in [-0.2, -0.15) is 13.2 Å². The van der Waals surface area contributed by atoms with E-state index in [9.17, 15) is 13.2 Å². The summed E-state index contributed by atoms with van der Waals surface area (Å²) in [4.78, 5) is 4.27. The van der Waals surface area contributed by atoms with Crippen molar-refractivity contribution in [1.29, 1.82) is 0 Å². The Bertz CT molecular complexity index is 545. The molecule has 0 saturated heterocycles. The second-order valence-electron chi connectivity index (χ2n) is 4.35. The smallest absolute Gasteiger partial charge is 0.353 e. The summed E-state index contributed by atoms with van der Waals surface area (Å²) in [7, 11) is 1.78. The average molecular weight is 257 g/mol. The van der Waals surface area contributed by atoms with E-state index in [4.69, 9.17) is 0 Å². The van der Waals surface area contributed by atoms with Gasteiger partial charge in [0.25, 0.3) is 0 Å². The average Bonchev–Trinajstić information content (AvgIpc) is 2.54. The molecule has 2 rings (SSSR count). The van der Waals surface area contributed by atoms with Crippen LogP contribution in [0.5, 0.6) is 0 Å². The molecule has 1 atom stereocenters. The van der Waals surface area contributed by atoms with Gasteiger partial charge in [-0.05, 0) is 19.1 Å². The largest absolute Gasteiger partial charge is 0.391 e. The maximum Gasteiger partial charge on any atom is 0.391 e. The third-order valence-corrected chi connectivity index (χ3v) is 2.70. The first kappa shape index (κ1) is 12.7. The SMILES string of the molecule is CC(CC(F)(F)F)Nc1nc2ccccc2n1C. The molecule has 1 N–H and O–H groups in total. The molecule has 0 amide bonds. The van der Waals surface area contributed by atoms with Crippen LogP contribution < -0.4 is 5.32 Å². The number of imidazole rings is 1. The van der Waals surface area contributed by atoms with Crippen LogP contribution in [0.4, 0.5) is 19.1 Å². The maximum atomic E-state index is 12.2. The minimum Gasteiger partial charge on any atom is -0.353 e. The number of anilines is 1. The molecule has 0 aliphatic carbocycles. The molecule has 6 heteroatoms. The first-order chi connectivity index (χ1) is 8.37. The van der Waals surface area contributed by atoms with Gasteiger partial charge in [0.2, 0.25) is 5.95 Å². The number of fused-ring (bicyclic) bond motifs is 1. The number of nitrogens with one attached hydrogen (secondary N) is 1. The highest BCUT2D eigenvalue weighted by molar-refractivity contribution is 5.78. The van der Waals surface area contributed by atoms with E-state index in [0.29, 0.717) is 5.95 Å². The van der Waals surface area contributed by atoms with Crippen LogP contribution in [0.1, 0.15) is 13.3 Å². The lowest BCUT2D eigenvalue weighted by atomic mass is 10.2. The molecule has 3 nitrogen and oxygen atoms in total. The Kier molecular flexibility index (Phi) is 3.19. The Labute approximate surface area is 103 Å². The minimum atomic E-state index is -4.17. The molecule has 1 unspecified atom stereocenters. The summed E-state index contributed by atoms with van der Waals surface area (Å²) < 4.78 is 38.5. The highest BCUT2D eigenvalue weighted by Gasteiger charge is 2.30. The quantitative estimate of drug-likeness (QED) is 0.914. The third kappa shape index (κ3) is 2.75. The number of aryl methyl sites for hydroxylation is 1. The summed E-state index contributed by atoms with van der Waals surface area (Å²) in [6.45, 7) is 1.49. The highest BCUT2D eigenvalue weighted by Crippen LogP contribution is 2.24. The maximum absolute atomic E-state index is 12.2. The molecule has 1 aromatic heterocycles. The van der Waals surface area contributed by atoms with Crippen LogP contribution in [-0.2, 0) is 7.05 Å². The number of para-hydroxylation sites is 2. The lowest BCUT2D eigenvalue weighted by Crippen LogP contribution is -2.25. The van der Waals surface area contributed by atoms with E-state index >= 15 is 0 Å². The molecule has 1 heterocycles. The van der Waals surface area contributed by atoms with Crippen molar-refractivity contribution >= 4 is 17.0 Å². The van der Waals surface area contributed by atoms with E-state index in [-0.39, 0.29) is 0 Å². The Morgan fingerprint density at radius 2 is 2.00 bits per heavy atom. The number of halogens is 3. The zero-order valence-electron chi connectivity index (χ0n) is 10.1. The van der Waals surface area contributed by atoms with Crippen LogP contribution in [0.15, 0.2) is 24.3 Å². The molecule has 0 aliphatic rings. The van der Waals surface area contributed by atoms with Gasteiger partial charge in [0.15, 0.2) is 0 Å². The second kappa shape index (κ2) is 4.51. The van der Waals surface area contributed by atoms with Gasteiger partial charge in [-0.1, -0.05) is 12.1 Å². The van der Waals surface area contributed by atoms with Crippen LogP contribution in [0.2, 0.25) is 0 Å². The van der Waals surface area contributed by atoms with E-state index in [1.807, 2.05) is 24.3 Å². The summed E-state index contributed by atoms with van der Waals surface area (Å²) >= 11 is 0. The predicted molar refractivity (Wildman–Crippen MR) is 64.5 cm³/mol. The fraction of sp³-hybridized carbons (Fsp3) is 0.417. The molecule has 1 aromatic carbocycles. The van der Waals surface area contributed by atoms with Crippen LogP contribution in [0, 0.1) is 0 Å². The van der Waals surface area contributed by atoms with E-state index in [0.717, 1.165) is 11.0 Å². The number of aromatic nitrogens is 2. The van der Waals surface area contributed by atoms with Crippen LogP contribution in [-0.4, -0.2) is 21.8 Å². The molecule has 0 saturated carbocycles. The number of rotatable bonds is 3. The fourth-order valence-corrected chi connectivity index (χ4v) is 1.89. The highest BCUT2D eigenvalue weighted by atomic mass is 19.4. The molecule has 18 heavy (non-hydrogen) atoms. The Morgan fingerprint density at radius 3 is 2.61 bits per heavy atom. The van der Waals surface area contributed by atoms with E-state index in [1.165, 1.54) is 6.92 Å². The summed E-state index contributed by atoms with van der Waals surface area (Å²) in [5.74, 6) is 0.452. The summed E-state index contributed by atoms with van der Waals surface area (Å²) in [5, 5.41) is 2.79. The van der Waals surface area contributed by atoms with Gasteiger partial charge in [0, 0.05) is 13.1 Å². The van der Waals surface area contributed by atoms with Crippen molar-refractivity contribution in [1.82, 2.24) is 9.55 Å². The topological polar surface area (TPSA) is 29.9 Å². The molecule has 0 aliphatic heterocycles. The Balaban J connectivity index is 2.19. The van der Waals surface area contributed by atoms with Gasteiger partial charge in [-0.25, -0.2) is 4.98 Å². The van der Waals surface area contributed by atoms with Gasteiger partial charge in [-0.3, -0.25) is 0 Å². The molecule has 2 aromatic rings. The number of hydrogen-bond donors (Lipinski definition) is 1. The minimum absolute atomic E-state index is 0.452. The first-order valence-electron chi connectivity index (χ1n) is 5.61. The van der Waals surface area contributed by atoms with Crippen molar-refractivity contribution in [3.8, 4) is 0 Å². The Morgan fingerprint density at radius 1 is 1.33 bits per heavy atom. The zero-order chi connectivity index (χ0) is 13.3. The van der Waals surface area contributed by atoms with Crippen molar-refractivity contribution in [2.45, 2.75) is 25.6 Å². The van der Waals surface area contributed by atoms with E-state index in [2.05, 4.69) is 10.3 Å². The van der Waals surface area contributed by atoms with Crippen molar-refractivity contribution in [2.75, 3.05) is 5.32 Å². The normalized spacial score (nSPS) is 13.8. The van der Waals surface area contributed by atoms with Crippen molar-refractivity contribution in [3.05, 3.63) is 24.3 Å². The number of nitrogens with zero attached hydrogens (tertiary/aromatic N) is 2. The van der Waals surface area contributed by atoms with Crippen molar-refractivity contribution < 1.29 is 13.2 Å². The van der Waals surface area contributed by atoms with Gasteiger partial charge in [-0.15, -0.1) is 0 Å². The van der Waals surface area contributed by atoms with Crippen molar-refractivity contribution in [2.24, 2.45) is 7.05 Å². The van der Waals surface area contributed by atoms with Crippen LogP contribution in [0.25, 0.3) is 11.0 Å². The van der Waals surface area contributed by atoms with Gasteiger partial charge < -0.3 is 9.88 Å². The number of benzene rings is 1. The second-order valence-corrected chi connectivity index (χ2v) is 4.35. The summed E-state index contributed by atoms with van der Waals surface area (Å²) in [5.41, 5.74) is 1.65. The van der Waals surface area contributed by atoms with Crippen molar-refractivity contribution in [3.63, 3.8) is 0 Å². The molecule has 0 bridgehead atoms. The molecule has 98 valence electrons. The fourth-order valence-electron chi connectivity index (χ4n) is 1.89. The molecule has 0 fully saturated rings. The predicted octanol–water partition coefficient (Wildman–Crippen LogP) is 3.33. The van der Waals surface area contributed by atoms with E-state index < -0.39 is 18.6 Å². The zero-order valence-corrected chi connectivity index (χ0v) is 10.1. The van der Waals surface area contributed by atoms with Gasteiger partial charge in [0.1, 0.15) is 0 Å². The monoisotopic (exact) mass is 257 g/mol. The summed E-state index contributed by atoms with van der Waals surface area (Å²) in [6, 6.07) is 6.71. The Hall–Kier alpha value is -1.72. The lowest BCUT2D eigenvalue weighted by molar-refractivity contribution is -0.136. The lowest BCUT2D eigenvalue weighted by Gasteiger charge is -2.16. The van der Waals surface area contributed by atoms with Crippen LogP contribution >= 0.6 is 0 Å². The molecular formula is C12H14F3N3. The van der Waals surface area contributed by atoms with Gasteiger partial charge in [0.05, 0.1) is 17.5 Å². The molecule has 0 radical (unpaired) electrons.